The van der Waals surface area contributed by atoms with E-state index in [9.17, 15) is 4.79 Å². The Hall–Kier alpha value is -0.810. The smallest absolute Gasteiger partial charge is 0.409 e. The number of unbranched alkanes of at least 4 members (excludes halogenated alkanes) is 3. The molecule has 0 aromatic rings. The molecule has 16 heavy (non-hydrogen) atoms. The molecule has 1 amide bonds. The highest BCUT2D eigenvalue weighted by Gasteiger charge is 2.12. The highest BCUT2D eigenvalue weighted by atomic mass is 16.6. The van der Waals surface area contributed by atoms with Crippen LogP contribution in [0, 0.1) is 0 Å². The molecule has 0 unspecified atom stereocenters. The lowest BCUT2D eigenvalue weighted by Gasteiger charge is -2.19. The molecule has 5 heteroatoms. The quantitative estimate of drug-likeness (QED) is 0.583. The van der Waals surface area contributed by atoms with Gasteiger partial charge in [0.1, 0.15) is 0 Å². The van der Waals surface area contributed by atoms with Crippen molar-refractivity contribution in [1.82, 2.24) is 4.90 Å². The third kappa shape index (κ3) is 7.48. The summed E-state index contributed by atoms with van der Waals surface area (Å²) in [4.78, 5) is 12.7. The third-order valence-corrected chi connectivity index (χ3v) is 2.22. The highest BCUT2D eigenvalue weighted by Crippen LogP contribution is 2.01. The molecule has 2 N–H and O–H groups in total. The Morgan fingerprint density at radius 3 is 2.25 bits per heavy atom. The summed E-state index contributed by atoms with van der Waals surface area (Å²) in [6.07, 6.45) is 3.76. The zero-order valence-electron chi connectivity index (χ0n) is 10.0. The van der Waals surface area contributed by atoms with Gasteiger partial charge in [0.05, 0.1) is 19.8 Å². The fraction of sp³-hybridized carbons (Fsp3) is 0.909. The van der Waals surface area contributed by atoms with Gasteiger partial charge in [-0.05, 0) is 6.42 Å². The summed E-state index contributed by atoms with van der Waals surface area (Å²) in [6, 6.07) is 0. The number of carbonyl (C=O) groups is 1. The summed E-state index contributed by atoms with van der Waals surface area (Å²) in [5.74, 6) is 0. The van der Waals surface area contributed by atoms with Gasteiger partial charge in [-0.25, -0.2) is 4.79 Å². The van der Waals surface area contributed by atoms with E-state index in [1.165, 1.54) is 4.90 Å². The predicted octanol–water partition coefficient (Wildman–Crippen LogP) is 0.990. The van der Waals surface area contributed by atoms with Crippen LogP contribution >= 0.6 is 0 Å². The third-order valence-electron chi connectivity index (χ3n) is 2.22. The van der Waals surface area contributed by atoms with Gasteiger partial charge in [-0.15, -0.1) is 0 Å². The molecule has 0 heterocycles. The Bertz CT molecular complexity index is 169. The molecule has 0 spiro atoms. The molecule has 0 aliphatic rings. The summed E-state index contributed by atoms with van der Waals surface area (Å²) in [5.41, 5.74) is 0. The van der Waals surface area contributed by atoms with Crippen LogP contribution in [0.25, 0.3) is 0 Å². The summed E-state index contributed by atoms with van der Waals surface area (Å²) in [5, 5.41) is 17.4. The zero-order valence-corrected chi connectivity index (χ0v) is 10.0. The van der Waals surface area contributed by atoms with Crippen molar-refractivity contribution in [3.05, 3.63) is 0 Å². The van der Waals surface area contributed by atoms with Gasteiger partial charge < -0.3 is 19.8 Å². The number of amides is 1. The molecule has 0 aromatic heterocycles. The summed E-state index contributed by atoms with van der Waals surface area (Å²) in [7, 11) is 0. The first-order valence-electron chi connectivity index (χ1n) is 5.89. The first-order chi connectivity index (χ1) is 7.76. The number of hydrogen-bond acceptors (Lipinski definition) is 4. The molecule has 0 rings (SSSR count). The maximum atomic E-state index is 11.4. The van der Waals surface area contributed by atoms with Gasteiger partial charge in [0, 0.05) is 13.1 Å². The second-order valence-corrected chi connectivity index (χ2v) is 3.61. The van der Waals surface area contributed by atoms with Crippen LogP contribution < -0.4 is 0 Å². The summed E-state index contributed by atoms with van der Waals surface area (Å²) >= 11 is 0. The second kappa shape index (κ2) is 10.7. The van der Waals surface area contributed by atoms with Gasteiger partial charge >= 0.3 is 6.09 Å². The topological polar surface area (TPSA) is 70.0 Å². The van der Waals surface area contributed by atoms with Crippen LogP contribution in [-0.4, -0.2) is 54.1 Å². The molecule has 0 saturated heterocycles. The van der Waals surface area contributed by atoms with Crippen molar-refractivity contribution in [3.8, 4) is 0 Å². The van der Waals surface area contributed by atoms with Crippen LogP contribution in [0.2, 0.25) is 0 Å². The molecule has 0 radical (unpaired) electrons. The van der Waals surface area contributed by atoms with Crippen molar-refractivity contribution < 1.29 is 19.7 Å². The van der Waals surface area contributed by atoms with Crippen molar-refractivity contribution in [2.24, 2.45) is 0 Å². The van der Waals surface area contributed by atoms with Gasteiger partial charge in [-0.3, -0.25) is 0 Å². The van der Waals surface area contributed by atoms with Gasteiger partial charge in [0.15, 0.2) is 0 Å². The van der Waals surface area contributed by atoms with Crippen molar-refractivity contribution in [1.29, 1.82) is 0 Å². The Morgan fingerprint density at radius 2 is 1.75 bits per heavy atom. The normalized spacial score (nSPS) is 10.2. The van der Waals surface area contributed by atoms with Gasteiger partial charge in [0.25, 0.3) is 0 Å². The molecule has 5 nitrogen and oxygen atoms in total. The van der Waals surface area contributed by atoms with E-state index in [2.05, 4.69) is 6.92 Å². The number of nitrogens with zero attached hydrogens (tertiary/aromatic N) is 1. The lowest BCUT2D eigenvalue weighted by molar-refractivity contribution is 0.0846. The molecule has 0 aromatic carbocycles. The van der Waals surface area contributed by atoms with Crippen molar-refractivity contribution in [3.63, 3.8) is 0 Å². The molecule has 0 atom stereocenters. The summed E-state index contributed by atoms with van der Waals surface area (Å²) < 4.78 is 5.02. The minimum atomic E-state index is -0.459. The summed E-state index contributed by atoms with van der Waals surface area (Å²) in [6.45, 7) is 2.70. The van der Waals surface area contributed by atoms with E-state index in [-0.39, 0.29) is 26.3 Å². The average Bonchev–Trinajstić information content (AvgIpc) is 2.28. The van der Waals surface area contributed by atoms with Crippen LogP contribution in [0.5, 0.6) is 0 Å². The van der Waals surface area contributed by atoms with E-state index in [1.807, 2.05) is 0 Å². The monoisotopic (exact) mass is 233 g/mol. The Kier molecular flexibility index (Phi) is 10.2. The van der Waals surface area contributed by atoms with E-state index in [1.54, 1.807) is 0 Å². The van der Waals surface area contributed by atoms with Crippen LogP contribution in [0.4, 0.5) is 4.79 Å². The molecule has 96 valence electrons. The highest BCUT2D eigenvalue weighted by molar-refractivity contribution is 5.67. The Morgan fingerprint density at radius 1 is 1.12 bits per heavy atom. The number of carbonyl (C=O) groups excluding carboxylic acids is 1. The molecule has 0 aliphatic carbocycles. The van der Waals surface area contributed by atoms with Crippen molar-refractivity contribution in [2.75, 3.05) is 32.9 Å². The first kappa shape index (κ1) is 15.2. The number of aliphatic hydroxyl groups excluding tert-OH is 2. The largest absolute Gasteiger partial charge is 0.449 e. The minimum absolute atomic E-state index is 0.120. The second-order valence-electron chi connectivity index (χ2n) is 3.61. The Labute approximate surface area is 97.0 Å². The Balaban J connectivity index is 3.65. The van der Waals surface area contributed by atoms with E-state index in [0.29, 0.717) is 6.61 Å². The molecular formula is C11H23NO4. The average molecular weight is 233 g/mol. The minimum Gasteiger partial charge on any atom is -0.449 e. The van der Waals surface area contributed by atoms with E-state index < -0.39 is 6.09 Å². The lowest BCUT2D eigenvalue weighted by atomic mass is 10.2. The fourth-order valence-electron chi connectivity index (χ4n) is 1.32. The predicted molar refractivity (Wildman–Crippen MR) is 61.2 cm³/mol. The number of ether oxygens (including phenoxy) is 1. The molecule has 0 saturated carbocycles. The van der Waals surface area contributed by atoms with Gasteiger partial charge in [0.2, 0.25) is 0 Å². The van der Waals surface area contributed by atoms with Crippen molar-refractivity contribution in [2.45, 2.75) is 32.6 Å². The molecule has 0 aliphatic heterocycles. The SMILES string of the molecule is CCCCCCOC(=O)N(CCO)CCO. The number of aliphatic hydroxyl groups is 2. The van der Waals surface area contributed by atoms with Crippen LogP contribution in [0.1, 0.15) is 32.6 Å². The van der Waals surface area contributed by atoms with Crippen LogP contribution in [0.3, 0.4) is 0 Å². The maximum Gasteiger partial charge on any atom is 0.409 e. The van der Waals surface area contributed by atoms with Crippen LogP contribution in [-0.2, 0) is 4.74 Å². The van der Waals surface area contributed by atoms with E-state index >= 15 is 0 Å². The molecule has 0 bridgehead atoms. The maximum absolute atomic E-state index is 11.4. The van der Waals surface area contributed by atoms with E-state index in [0.717, 1.165) is 25.7 Å². The molecular weight excluding hydrogens is 210 g/mol. The number of rotatable bonds is 9. The number of hydrogen-bond donors (Lipinski definition) is 2. The lowest BCUT2D eigenvalue weighted by Crippen LogP contribution is -2.36. The van der Waals surface area contributed by atoms with Crippen molar-refractivity contribution >= 4 is 6.09 Å². The van der Waals surface area contributed by atoms with E-state index in [4.69, 9.17) is 14.9 Å². The van der Waals surface area contributed by atoms with Gasteiger partial charge in [-0.2, -0.15) is 0 Å². The first-order valence-corrected chi connectivity index (χ1v) is 5.89. The zero-order chi connectivity index (χ0) is 12.2. The van der Waals surface area contributed by atoms with Crippen LogP contribution in [0.15, 0.2) is 0 Å². The van der Waals surface area contributed by atoms with Gasteiger partial charge in [-0.1, -0.05) is 26.2 Å². The molecule has 0 fully saturated rings. The fourth-order valence-corrected chi connectivity index (χ4v) is 1.32. The standard InChI is InChI=1S/C11H23NO4/c1-2-3-4-5-10-16-11(15)12(6-8-13)7-9-14/h13-14H,2-10H2,1H3.